The minimum Gasteiger partial charge on any atom is -0.458 e. The van der Waals surface area contributed by atoms with E-state index in [2.05, 4.69) is 79.3 Å². The van der Waals surface area contributed by atoms with E-state index in [1.54, 1.807) is 0 Å². The van der Waals surface area contributed by atoms with Crippen molar-refractivity contribution >= 4 is 15.4 Å². The van der Waals surface area contributed by atoms with Crippen LogP contribution in [0.5, 0.6) is 0 Å². The first-order chi connectivity index (χ1) is 17.8. The first-order valence-corrected chi connectivity index (χ1v) is 14.1. The Labute approximate surface area is 226 Å². The second kappa shape index (κ2) is 15.6. The predicted molar refractivity (Wildman–Crippen MR) is 153 cm³/mol. The molecule has 204 valence electrons. The lowest BCUT2D eigenvalue weighted by Gasteiger charge is -2.28. The third kappa shape index (κ3) is 10.9. The van der Waals surface area contributed by atoms with Crippen LogP contribution in [0.3, 0.4) is 0 Å². The Morgan fingerprint density at radius 2 is 1.95 bits per heavy atom. The van der Waals surface area contributed by atoms with Gasteiger partial charge in [-0.2, -0.15) is 0 Å². The first kappa shape index (κ1) is 29.8. The minimum absolute atomic E-state index is 0.0134. The molecule has 3 heterocycles. The number of carbonyl (C=O) groups excluding carboxylic acids is 1. The number of hydrogen-bond donors (Lipinski definition) is 0. The van der Waals surface area contributed by atoms with Gasteiger partial charge in [-0.15, -0.1) is 0 Å². The first-order valence-electron chi connectivity index (χ1n) is 13.7. The third-order valence-electron chi connectivity index (χ3n) is 7.17. The van der Waals surface area contributed by atoms with Gasteiger partial charge in [0.1, 0.15) is 6.10 Å². The lowest BCUT2D eigenvalue weighted by Crippen LogP contribution is -2.26. The van der Waals surface area contributed by atoms with Gasteiger partial charge in [0.2, 0.25) is 0 Å². The van der Waals surface area contributed by atoms with Crippen LogP contribution in [-0.4, -0.2) is 43.1 Å². The van der Waals surface area contributed by atoms with Crippen molar-refractivity contribution in [3.8, 4) is 0 Å². The van der Waals surface area contributed by atoms with Gasteiger partial charge in [-0.3, -0.25) is 0 Å². The number of ether oxygens (including phenoxy) is 3. The van der Waals surface area contributed by atoms with Crippen LogP contribution in [0, 0.1) is 11.8 Å². The zero-order valence-electron chi connectivity index (χ0n) is 22.7. The van der Waals surface area contributed by atoms with Gasteiger partial charge >= 0.3 is 5.97 Å². The molecule has 0 radical (unpaired) electrons. The van der Waals surface area contributed by atoms with E-state index in [9.17, 15) is 4.79 Å². The van der Waals surface area contributed by atoms with E-state index in [-0.39, 0.29) is 42.4 Å². The molecular weight excluding hydrogens is 483 g/mol. The summed E-state index contributed by atoms with van der Waals surface area (Å²) in [6.45, 7) is 11.4. The van der Waals surface area contributed by atoms with Crippen molar-refractivity contribution < 1.29 is 23.5 Å². The molecule has 5 nitrogen and oxygen atoms in total. The van der Waals surface area contributed by atoms with E-state index in [4.69, 9.17) is 18.7 Å². The van der Waals surface area contributed by atoms with Gasteiger partial charge in [0, 0.05) is 27.9 Å². The molecule has 0 fully saturated rings. The molecule has 2 bridgehead atoms. The summed E-state index contributed by atoms with van der Waals surface area (Å²) in [5, 5.41) is 0. The summed E-state index contributed by atoms with van der Waals surface area (Å²) in [6, 6.07) is 0. The molecule has 0 saturated heterocycles. The average Bonchev–Trinajstić information content (AvgIpc) is 2.85. The second-order valence-corrected chi connectivity index (χ2v) is 11.1. The number of rotatable bonds is 4. The molecule has 8 atom stereocenters. The molecule has 0 aromatic rings. The molecule has 0 aromatic heterocycles. The molecule has 0 aromatic carbocycles. The monoisotopic (exact) mass is 528 g/mol. The zero-order chi connectivity index (χ0) is 26.6. The summed E-state index contributed by atoms with van der Waals surface area (Å²) in [5.74, 6) is 0.177. The Bertz CT molecular complexity index is 901. The fourth-order valence-electron chi connectivity index (χ4n) is 5.11. The number of carbonyl (C=O) groups is 1. The maximum absolute atomic E-state index is 12.7. The molecule has 2 unspecified atom stereocenters. The van der Waals surface area contributed by atoms with Crippen molar-refractivity contribution in [2.75, 3.05) is 6.61 Å². The molecule has 3 aliphatic heterocycles. The topological polar surface area (TPSA) is 54.0 Å². The van der Waals surface area contributed by atoms with Crippen molar-refractivity contribution in [3.05, 3.63) is 72.4 Å². The SMILES string of the molecule is C=C1CC(OP)/C=C/C[C@@H]([C@@H](C)/C=C/[C@@H]2CC(C)=CCO2)OC(=O)/C=C\C[C@@H]2C=CC[C@@H](C[C@@H](C)C1)O2. The standard InChI is InChI=1S/C31H45O5P/c1-22-16-17-33-27(19-22)15-14-25(4)30-12-6-11-29(36-37)21-24(3)18-23(2)20-28-10-5-8-26(34-28)9-7-13-31(32)35-30/h5-8,11,13-16,23,25-30H,3,9-10,12,17-21,37H2,1-2,4H3/b11-6+,13-7-,15-14+/t23-,25-,26-,27+,28-,29?,30-/m0/s1. The van der Waals surface area contributed by atoms with Gasteiger partial charge in [-0.1, -0.05) is 80.2 Å². The van der Waals surface area contributed by atoms with Crippen molar-refractivity contribution in [3.63, 3.8) is 0 Å². The normalized spacial score (nSPS) is 35.2. The largest absolute Gasteiger partial charge is 0.458 e. The molecule has 0 spiro atoms. The van der Waals surface area contributed by atoms with Crippen LogP contribution in [0.1, 0.15) is 65.7 Å². The number of fused-ring (bicyclic) bond motifs is 2. The van der Waals surface area contributed by atoms with Gasteiger partial charge < -0.3 is 18.7 Å². The van der Waals surface area contributed by atoms with E-state index in [1.165, 1.54) is 17.2 Å². The quantitative estimate of drug-likeness (QED) is 0.224. The highest BCUT2D eigenvalue weighted by molar-refractivity contribution is 7.09. The summed E-state index contributed by atoms with van der Waals surface area (Å²) in [7, 11) is 2.38. The van der Waals surface area contributed by atoms with Gasteiger partial charge in [0.05, 0.1) is 31.0 Å². The second-order valence-electron chi connectivity index (χ2n) is 10.8. The Morgan fingerprint density at radius 1 is 1.14 bits per heavy atom. The van der Waals surface area contributed by atoms with Gasteiger partial charge in [0.15, 0.2) is 0 Å². The Hall–Kier alpha value is -1.78. The van der Waals surface area contributed by atoms with Crippen LogP contribution < -0.4 is 0 Å². The molecule has 37 heavy (non-hydrogen) atoms. The number of cyclic esters (lactones) is 1. The fraction of sp³-hybridized carbons (Fsp3) is 0.581. The van der Waals surface area contributed by atoms with Crippen molar-refractivity contribution in [2.24, 2.45) is 11.8 Å². The van der Waals surface area contributed by atoms with Crippen LogP contribution in [0.15, 0.2) is 72.4 Å². The smallest absolute Gasteiger partial charge is 0.330 e. The van der Waals surface area contributed by atoms with Crippen LogP contribution in [-0.2, 0) is 23.5 Å². The Morgan fingerprint density at radius 3 is 2.73 bits per heavy atom. The lowest BCUT2D eigenvalue weighted by molar-refractivity contribution is -0.144. The highest BCUT2D eigenvalue weighted by Crippen LogP contribution is 2.27. The van der Waals surface area contributed by atoms with E-state index in [0.29, 0.717) is 25.4 Å². The number of hydrogen-bond acceptors (Lipinski definition) is 5. The summed E-state index contributed by atoms with van der Waals surface area (Å²) >= 11 is 0. The molecule has 0 N–H and O–H groups in total. The molecular formula is C31H45O5P. The zero-order valence-corrected chi connectivity index (χ0v) is 23.9. The van der Waals surface area contributed by atoms with Crippen LogP contribution in [0.2, 0.25) is 0 Å². The van der Waals surface area contributed by atoms with E-state index < -0.39 is 0 Å². The third-order valence-corrected chi connectivity index (χ3v) is 7.52. The fourth-order valence-corrected chi connectivity index (χ4v) is 5.30. The summed E-state index contributed by atoms with van der Waals surface area (Å²) in [5.41, 5.74) is 2.51. The van der Waals surface area contributed by atoms with Crippen LogP contribution in [0.4, 0.5) is 0 Å². The molecule has 3 rings (SSSR count). The van der Waals surface area contributed by atoms with Gasteiger partial charge in [-0.25, -0.2) is 4.79 Å². The van der Waals surface area contributed by atoms with Gasteiger partial charge in [0.25, 0.3) is 0 Å². The van der Waals surface area contributed by atoms with E-state index >= 15 is 0 Å². The minimum atomic E-state index is -0.329. The van der Waals surface area contributed by atoms with Crippen LogP contribution >= 0.6 is 9.47 Å². The highest BCUT2D eigenvalue weighted by Gasteiger charge is 2.22. The maximum atomic E-state index is 12.7. The van der Waals surface area contributed by atoms with Crippen LogP contribution in [0.25, 0.3) is 0 Å². The predicted octanol–water partition coefficient (Wildman–Crippen LogP) is 6.98. The maximum Gasteiger partial charge on any atom is 0.330 e. The highest BCUT2D eigenvalue weighted by atomic mass is 31.0. The van der Waals surface area contributed by atoms with Crippen molar-refractivity contribution in [2.45, 2.75) is 96.2 Å². The van der Waals surface area contributed by atoms with Gasteiger partial charge in [-0.05, 0) is 51.4 Å². The molecule has 0 aliphatic carbocycles. The molecule has 0 saturated carbocycles. The van der Waals surface area contributed by atoms with E-state index in [1.807, 2.05) is 6.08 Å². The summed E-state index contributed by atoms with van der Waals surface area (Å²) in [6.07, 6.45) is 23.8. The lowest BCUT2D eigenvalue weighted by atomic mass is 9.91. The Kier molecular flexibility index (Phi) is 12.5. The number of esters is 1. The van der Waals surface area contributed by atoms with Crippen molar-refractivity contribution in [1.82, 2.24) is 0 Å². The molecule has 3 aliphatic rings. The Balaban J connectivity index is 1.72. The summed E-state index contributed by atoms with van der Waals surface area (Å²) in [4.78, 5) is 12.7. The van der Waals surface area contributed by atoms with E-state index in [0.717, 1.165) is 32.1 Å². The molecule has 0 amide bonds. The average molecular weight is 529 g/mol. The van der Waals surface area contributed by atoms with Crippen molar-refractivity contribution in [1.29, 1.82) is 0 Å². The summed E-state index contributed by atoms with van der Waals surface area (Å²) < 4.78 is 23.7. The molecule has 6 heteroatoms.